The maximum atomic E-state index is 12.2. The summed E-state index contributed by atoms with van der Waals surface area (Å²) in [5.74, 6) is -0.808. The summed E-state index contributed by atoms with van der Waals surface area (Å²) in [6.45, 7) is 3.02. The first-order valence-corrected chi connectivity index (χ1v) is 7.80. The molecule has 0 bridgehead atoms. The van der Waals surface area contributed by atoms with Crippen molar-refractivity contribution in [3.63, 3.8) is 0 Å². The summed E-state index contributed by atoms with van der Waals surface area (Å²) >= 11 is 0. The maximum absolute atomic E-state index is 12.2. The fourth-order valence-electron chi connectivity index (χ4n) is 2.16. The Labute approximate surface area is 117 Å². The SMILES string of the molecule is CC1CCCN(S(=O)(=O)Nc2ccc(C(=O)O)nc2)C1. The van der Waals surface area contributed by atoms with E-state index in [1.165, 1.54) is 22.6 Å². The Kier molecular flexibility index (Phi) is 4.24. The summed E-state index contributed by atoms with van der Waals surface area (Å²) in [7, 11) is -3.61. The second-order valence-electron chi connectivity index (χ2n) is 4.95. The van der Waals surface area contributed by atoms with E-state index in [1.807, 2.05) is 6.92 Å². The Morgan fingerprint density at radius 2 is 2.25 bits per heavy atom. The molecule has 0 saturated carbocycles. The number of aromatic carboxylic acids is 1. The molecule has 7 nitrogen and oxygen atoms in total. The molecule has 2 heterocycles. The molecule has 0 aromatic carbocycles. The number of hydrogen-bond acceptors (Lipinski definition) is 4. The van der Waals surface area contributed by atoms with Crippen molar-refractivity contribution in [2.75, 3.05) is 17.8 Å². The fraction of sp³-hybridized carbons (Fsp3) is 0.500. The number of piperidine rings is 1. The predicted octanol–water partition coefficient (Wildman–Crippen LogP) is 1.17. The van der Waals surface area contributed by atoms with Crippen LogP contribution in [0.2, 0.25) is 0 Å². The van der Waals surface area contributed by atoms with Crippen LogP contribution in [-0.4, -0.2) is 41.9 Å². The zero-order valence-electron chi connectivity index (χ0n) is 11.1. The molecule has 1 aromatic heterocycles. The third-order valence-corrected chi connectivity index (χ3v) is 4.69. The third kappa shape index (κ3) is 3.45. The van der Waals surface area contributed by atoms with Crippen molar-refractivity contribution in [3.05, 3.63) is 24.0 Å². The lowest BCUT2D eigenvalue weighted by molar-refractivity contribution is 0.0690. The minimum Gasteiger partial charge on any atom is -0.477 e. The Hall–Kier alpha value is -1.67. The van der Waals surface area contributed by atoms with Crippen LogP contribution in [0.4, 0.5) is 5.69 Å². The van der Waals surface area contributed by atoms with Crippen LogP contribution in [0.25, 0.3) is 0 Å². The van der Waals surface area contributed by atoms with Gasteiger partial charge in [0.25, 0.3) is 0 Å². The van der Waals surface area contributed by atoms with Crippen LogP contribution in [0.1, 0.15) is 30.3 Å². The van der Waals surface area contributed by atoms with Gasteiger partial charge in [0.1, 0.15) is 5.69 Å². The second-order valence-corrected chi connectivity index (χ2v) is 6.62. The Bertz CT molecular complexity index is 585. The quantitative estimate of drug-likeness (QED) is 0.869. The molecule has 8 heteroatoms. The topological polar surface area (TPSA) is 99.6 Å². The summed E-state index contributed by atoms with van der Waals surface area (Å²) in [6, 6.07) is 2.65. The van der Waals surface area contributed by atoms with Gasteiger partial charge in [0.2, 0.25) is 0 Å². The number of aromatic nitrogens is 1. The number of anilines is 1. The van der Waals surface area contributed by atoms with Crippen molar-refractivity contribution in [1.82, 2.24) is 9.29 Å². The molecular formula is C12H17N3O4S. The molecule has 1 atom stereocenters. The highest BCUT2D eigenvalue weighted by Crippen LogP contribution is 2.20. The molecule has 1 fully saturated rings. The molecule has 1 saturated heterocycles. The van der Waals surface area contributed by atoms with Gasteiger partial charge >= 0.3 is 16.2 Å². The van der Waals surface area contributed by atoms with Crippen molar-refractivity contribution in [2.45, 2.75) is 19.8 Å². The minimum absolute atomic E-state index is 0.125. The van der Waals surface area contributed by atoms with E-state index in [0.717, 1.165) is 12.8 Å². The number of carboxylic acid groups (broad SMARTS) is 1. The molecule has 2 N–H and O–H groups in total. The van der Waals surface area contributed by atoms with E-state index in [2.05, 4.69) is 9.71 Å². The van der Waals surface area contributed by atoms with E-state index < -0.39 is 16.2 Å². The molecule has 1 aliphatic rings. The summed E-state index contributed by atoms with van der Waals surface area (Å²) in [6.07, 6.45) is 3.08. The van der Waals surface area contributed by atoms with Gasteiger partial charge in [0.15, 0.2) is 0 Å². The lowest BCUT2D eigenvalue weighted by Gasteiger charge is -2.30. The van der Waals surface area contributed by atoms with E-state index in [-0.39, 0.29) is 11.4 Å². The number of rotatable bonds is 4. The van der Waals surface area contributed by atoms with Crippen LogP contribution in [0, 0.1) is 5.92 Å². The zero-order valence-corrected chi connectivity index (χ0v) is 11.9. The lowest BCUT2D eigenvalue weighted by atomic mass is 10.0. The van der Waals surface area contributed by atoms with Crippen molar-refractivity contribution < 1.29 is 18.3 Å². The molecule has 1 unspecified atom stereocenters. The molecule has 20 heavy (non-hydrogen) atoms. The predicted molar refractivity (Wildman–Crippen MR) is 73.7 cm³/mol. The first-order chi connectivity index (χ1) is 9.38. The van der Waals surface area contributed by atoms with Gasteiger partial charge in [-0.2, -0.15) is 12.7 Å². The molecule has 1 aromatic rings. The van der Waals surface area contributed by atoms with Crippen LogP contribution >= 0.6 is 0 Å². The van der Waals surface area contributed by atoms with Gasteiger partial charge in [-0.25, -0.2) is 9.78 Å². The van der Waals surface area contributed by atoms with Crippen molar-refractivity contribution in [2.24, 2.45) is 5.92 Å². The molecule has 0 spiro atoms. The highest BCUT2D eigenvalue weighted by Gasteiger charge is 2.27. The van der Waals surface area contributed by atoms with E-state index in [9.17, 15) is 13.2 Å². The van der Waals surface area contributed by atoms with Gasteiger partial charge in [-0.3, -0.25) is 4.72 Å². The van der Waals surface area contributed by atoms with Crippen LogP contribution in [-0.2, 0) is 10.2 Å². The molecule has 0 aliphatic carbocycles. The van der Waals surface area contributed by atoms with Gasteiger partial charge in [0, 0.05) is 13.1 Å². The van der Waals surface area contributed by atoms with Gasteiger partial charge in [-0.05, 0) is 30.9 Å². The molecular weight excluding hydrogens is 282 g/mol. The average Bonchev–Trinajstić information content (AvgIpc) is 2.39. The Morgan fingerprint density at radius 3 is 2.80 bits per heavy atom. The number of nitrogens with one attached hydrogen (secondary N) is 1. The first-order valence-electron chi connectivity index (χ1n) is 6.36. The van der Waals surface area contributed by atoms with Crippen LogP contribution in [0.15, 0.2) is 18.3 Å². The molecule has 0 amide bonds. The number of carbonyl (C=O) groups is 1. The number of carboxylic acids is 1. The van der Waals surface area contributed by atoms with Crippen LogP contribution < -0.4 is 4.72 Å². The smallest absolute Gasteiger partial charge is 0.354 e. The number of nitrogens with zero attached hydrogens (tertiary/aromatic N) is 2. The zero-order chi connectivity index (χ0) is 14.8. The minimum atomic E-state index is -3.61. The summed E-state index contributed by atoms with van der Waals surface area (Å²) in [4.78, 5) is 14.3. The Balaban J connectivity index is 2.09. The van der Waals surface area contributed by atoms with E-state index in [0.29, 0.717) is 19.0 Å². The summed E-state index contributed by atoms with van der Waals surface area (Å²) in [5.41, 5.74) is 0.132. The monoisotopic (exact) mass is 299 g/mol. The standard InChI is InChI=1S/C12H17N3O4S/c1-9-3-2-6-15(8-9)20(18,19)14-10-4-5-11(12(16)17)13-7-10/h4-5,7,9,14H,2-3,6,8H2,1H3,(H,16,17). The van der Waals surface area contributed by atoms with Gasteiger partial charge in [0.05, 0.1) is 11.9 Å². The van der Waals surface area contributed by atoms with Crippen molar-refractivity contribution in [1.29, 1.82) is 0 Å². The van der Waals surface area contributed by atoms with Crippen LogP contribution in [0.3, 0.4) is 0 Å². The van der Waals surface area contributed by atoms with Crippen molar-refractivity contribution >= 4 is 21.9 Å². The summed E-state index contributed by atoms with van der Waals surface area (Å²) in [5, 5.41) is 8.73. The molecule has 0 radical (unpaired) electrons. The van der Waals surface area contributed by atoms with E-state index in [1.54, 1.807) is 0 Å². The number of hydrogen-bond donors (Lipinski definition) is 2. The fourth-order valence-corrected chi connectivity index (χ4v) is 3.53. The highest BCUT2D eigenvalue weighted by atomic mass is 32.2. The largest absolute Gasteiger partial charge is 0.477 e. The maximum Gasteiger partial charge on any atom is 0.354 e. The molecule has 110 valence electrons. The molecule has 2 rings (SSSR count). The van der Waals surface area contributed by atoms with Gasteiger partial charge in [-0.15, -0.1) is 0 Å². The lowest BCUT2D eigenvalue weighted by Crippen LogP contribution is -2.42. The normalized spacial score (nSPS) is 20.6. The third-order valence-electron chi connectivity index (χ3n) is 3.19. The van der Waals surface area contributed by atoms with Crippen molar-refractivity contribution in [3.8, 4) is 0 Å². The number of pyridine rings is 1. The van der Waals surface area contributed by atoms with Crippen LogP contribution in [0.5, 0.6) is 0 Å². The highest BCUT2D eigenvalue weighted by molar-refractivity contribution is 7.90. The first kappa shape index (κ1) is 14.7. The average molecular weight is 299 g/mol. The second kappa shape index (κ2) is 5.76. The Morgan fingerprint density at radius 1 is 1.50 bits per heavy atom. The summed E-state index contributed by atoms with van der Waals surface area (Å²) < 4.78 is 28.2. The van der Waals surface area contributed by atoms with Gasteiger partial charge in [-0.1, -0.05) is 6.92 Å². The van der Waals surface area contributed by atoms with Gasteiger partial charge < -0.3 is 5.11 Å². The molecule has 1 aliphatic heterocycles. The van der Waals surface area contributed by atoms with E-state index >= 15 is 0 Å². The van der Waals surface area contributed by atoms with E-state index in [4.69, 9.17) is 5.11 Å².